The van der Waals surface area contributed by atoms with Crippen molar-refractivity contribution in [2.24, 2.45) is 0 Å². The van der Waals surface area contributed by atoms with Crippen molar-refractivity contribution in [1.29, 1.82) is 0 Å². The standard InChI is InChI=1S/C15H15F3N4O2/c1-23-11-7-19-14(20-8-11)24-10-5-6-22(9-10)13-4-2-3-12(21-13)15(16,17)18/h2-4,7-8,10H,5-6,9H2,1H3. The van der Waals surface area contributed by atoms with Gasteiger partial charge in [0, 0.05) is 13.0 Å². The Morgan fingerprint density at radius 3 is 2.62 bits per heavy atom. The molecule has 3 rings (SSSR count). The molecule has 1 fully saturated rings. The third-order valence-corrected chi connectivity index (χ3v) is 3.61. The van der Waals surface area contributed by atoms with E-state index >= 15 is 0 Å². The fourth-order valence-corrected chi connectivity index (χ4v) is 2.41. The average Bonchev–Trinajstić information content (AvgIpc) is 3.03. The Morgan fingerprint density at radius 2 is 1.96 bits per heavy atom. The highest BCUT2D eigenvalue weighted by Gasteiger charge is 2.33. The summed E-state index contributed by atoms with van der Waals surface area (Å²) in [4.78, 5) is 13.5. The van der Waals surface area contributed by atoms with Gasteiger partial charge in [0.1, 0.15) is 17.6 Å². The molecule has 24 heavy (non-hydrogen) atoms. The van der Waals surface area contributed by atoms with E-state index in [0.717, 1.165) is 6.07 Å². The lowest BCUT2D eigenvalue weighted by atomic mass is 10.3. The van der Waals surface area contributed by atoms with Gasteiger partial charge in [-0.1, -0.05) is 6.07 Å². The summed E-state index contributed by atoms with van der Waals surface area (Å²) in [5.41, 5.74) is -0.900. The summed E-state index contributed by atoms with van der Waals surface area (Å²) in [7, 11) is 1.51. The maximum absolute atomic E-state index is 12.7. The molecule has 0 N–H and O–H groups in total. The van der Waals surface area contributed by atoms with Crippen LogP contribution < -0.4 is 14.4 Å². The molecular formula is C15H15F3N4O2. The number of aromatic nitrogens is 3. The van der Waals surface area contributed by atoms with Gasteiger partial charge in [0.05, 0.1) is 26.0 Å². The van der Waals surface area contributed by atoms with Gasteiger partial charge >= 0.3 is 12.2 Å². The fraction of sp³-hybridized carbons (Fsp3) is 0.400. The van der Waals surface area contributed by atoms with E-state index in [0.29, 0.717) is 25.3 Å². The predicted molar refractivity (Wildman–Crippen MR) is 79.1 cm³/mol. The van der Waals surface area contributed by atoms with E-state index in [1.54, 1.807) is 11.0 Å². The molecule has 6 nitrogen and oxygen atoms in total. The van der Waals surface area contributed by atoms with Crippen LogP contribution in [-0.4, -0.2) is 41.3 Å². The third kappa shape index (κ3) is 3.66. The van der Waals surface area contributed by atoms with Gasteiger partial charge in [0.2, 0.25) is 0 Å². The van der Waals surface area contributed by atoms with Crippen molar-refractivity contribution in [2.45, 2.75) is 18.7 Å². The van der Waals surface area contributed by atoms with Gasteiger partial charge in [-0.2, -0.15) is 23.1 Å². The number of hydrogen-bond acceptors (Lipinski definition) is 6. The highest BCUT2D eigenvalue weighted by Crippen LogP contribution is 2.30. The summed E-state index contributed by atoms with van der Waals surface area (Å²) in [6.07, 6.45) is -1.04. The zero-order valence-electron chi connectivity index (χ0n) is 12.8. The van der Waals surface area contributed by atoms with E-state index < -0.39 is 11.9 Å². The van der Waals surface area contributed by atoms with Crippen molar-refractivity contribution in [3.8, 4) is 11.8 Å². The molecule has 1 atom stereocenters. The van der Waals surface area contributed by atoms with E-state index in [-0.39, 0.29) is 17.9 Å². The van der Waals surface area contributed by atoms with Crippen molar-refractivity contribution >= 4 is 5.82 Å². The molecule has 1 saturated heterocycles. The molecule has 0 spiro atoms. The second-order valence-corrected chi connectivity index (χ2v) is 5.26. The Kier molecular flexibility index (Phi) is 4.41. The maximum Gasteiger partial charge on any atom is 0.433 e. The Hall–Kier alpha value is -2.58. The van der Waals surface area contributed by atoms with Gasteiger partial charge in [-0.3, -0.25) is 0 Å². The van der Waals surface area contributed by atoms with Crippen LogP contribution in [0.5, 0.6) is 11.8 Å². The van der Waals surface area contributed by atoms with Gasteiger partial charge in [0.25, 0.3) is 0 Å². The lowest BCUT2D eigenvalue weighted by molar-refractivity contribution is -0.141. The second-order valence-electron chi connectivity index (χ2n) is 5.26. The summed E-state index contributed by atoms with van der Waals surface area (Å²) in [6, 6.07) is 4.08. The summed E-state index contributed by atoms with van der Waals surface area (Å²) in [5, 5.41) is 0. The molecular weight excluding hydrogens is 325 g/mol. The monoisotopic (exact) mass is 340 g/mol. The first-order chi connectivity index (χ1) is 11.5. The number of halogens is 3. The number of alkyl halides is 3. The zero-order chi connectivity index (χ0) is 17.2. The maximum atomic E-state index is 12.7. The van der Waals surface area contributed by atoms with Crippen molar-refractivity contribution in [2.75, 3.05) is 25.1 Å². The lowest BCUT2D eigenvalue weighted by Crippen LogP contribution is -2.26. The molecule has 0 bridgehead atoms. The Balaban J connectivity index is 1.64. The first-order valence-corrected chi connectivity index (χ1v) is 7.27. The van der Waals surface area contributed by atoms with Crippen LogP contribution in [0.1, 0.15) is 12.1 Å². The minimum absolute atomic E-state index is 0.208. The molecule has 0 radical (unpaired) electrons. The summed E-state index contributed by atoms with van der Waals surface area (Å²) >= 11 is 0. The molecule has 2 aromatic heterocycles. The van der Waals surface area contributed by atoms with E-state index in [4.69, 9.17) is 9.47 Å². The summed E-state index contributed by atoms with van der Waals surface area (Å²) < 4.78 is 48.9. The zero-order valence-corrected chi connectivity index (χ0v) is 12.8. The number of hydrogen-bond donors (Lipinski definition) is 0. The van der Waals surface area contributed by atoms with Gasteiger partial charge in [-0.15, -0.1) is 0 Å². The number of methoxy groups -OCH3 is 1. The van der Waals surface area contributed by atoms with Gasteiger partial charge < -0.3 is 14.4 Å². The molecule has 128 valence electrons. The normalized spacial score (nSPS) is 17.8. The first kappa shape index (κ1) is 16.3. The van der Waals surface area contributed by atoms with Gasteiger partial charge in [-0.05, 0) is 12.1 Å². The van der Waals surface area contributed by atoms with Crippen molar-refractivity contribution < 1.29 is 22.6 Å². The summed E-state index contributed by atoms with van der Waals surface area (Å²) in [6.45, 7) is 0.971. The van der Waals surface area contributed by atoms with Gasteiger partial charge in [-0.25, -0.2) is 4.98 Å². The highest BCUT2D eigenvalue weighted by atomic mass is 19.4. The molecule has 2 aromatic rings. The fourth-order valence-electron chi connectivity index (χ4n) is 2.41. The highest BCUT2D eigenvalue weighted by molar-refractivity contribution is 5.41. The molecule has 1 aliphatic heterocycles. The minimum Gasteiger partial charge on any atom is -0.494 e. The van der Waals surface area contributed by atoms with Gasteiger partial charge in [0.15, 0.2) is 5.75 Å². The smallest absolute Gasteiger partial charge is 0.433 e. The van der Waals surface area contributed by atoms with Crippen molar-refractivity contribution in [3.63, 3.8) is 0 Å². The minimum atomic E-state index is -4.46. The Bertz CT molecular complexity index is 694. The van der Waals surface area contributed by atoms with Crippen LogP contribution in [0, 0.1) is 0 Å². The number of rotatable bonds is 4. The summed E-state index contributed by atoms with van der Waals surface area (Å²) in [5.74, 6) is 0.801. The van der Waals surface area contributed by atoms with Crippen LogP contribution in [-0.2, 0) is 6.18 Å². The number of anilines is 1. The number of nitrogens with zero attached hydrogens (tertiary/aromatic N) is 4. The lowest BCUT2D eigenvalue weighted by Gasteiger charge is -2.18. The van der Waals surface area contributed by atoms with E-state index in [1.165, 1.54) is 25.6 Å². The number of ether oxygens (including phenoxy) is 2. The molecule has 0 aromatic carbocycles. The Morgan fingerprint density at radius 1 is 1.21 bits per heavy atom. The topological polar surface area (TPSA) is 60.4 Å². The van der Waals surface area contributed by atoms with Crippen LogP contribution >= 0.6 is 0 Å². The molecule has 1 aliphatic rings. The van der Waals surface area contributed by atoms with Crippen LogP contribution in [0.2, 0.25) is 0 Å². The van der Waals surface area contributed by atoms with Crippen molar-refractivity contribution in [1.82, 2.24) is 15.0 Å². The predicted octanol–water partition coefficient (Wildman–Crippen LogP) is 2.56. The van der Waals surface area contributed by atoms with Crippen LogP contribution in [0.15, 0.2) is 30.6 Å². The molecule has 0 aliphatic carbocycles. The molecule has 9 heteroatoms. The van der Waals surface area contributed by atoms with Crippen LogP contribution in [0.25, 0.3) is 0 Å². The quantitative estimate of drug-likeness (QED) is 0.852. The molecule has 0 saturated carbocycles. The van der Waals surface area contributed by atoms with E-state index in [9.17, 15) is 13.2 Å². The molecule has 1 unspecified atom stereocenters. The Labute approximate surface area is 136 Å². The average molecular weight is 340 g/mol. The second kappa shape index (κ2) is 6.50. The van der Waals surface area contributed by atoms with Crippen molar-refractivity contribution in [3.05, 3.63) is 36.3 Å². The van der Waals surface area contributed by atoms with Crippen LogP contribution in [0.3, 0.4) is 0 Å². The first-order valence-electron chi connectivity index (χ1n) is 7.27. The molecule has 3 heterocycles. The van der Waals surface area contributed by atoms with E-state index in [2.05, 4.69) is 15.0 Å². The molecule has 0 amide bonds. The SMILES string of the molecule is COc1cnc(OC2CCN(c3cccc(C(F)(F)F)n3)C2)nc1. The number of pyridine rings is 1. The van der Waals surface area contributed by atoms with Crippen LogP contribution in [0.4, 0.5) is 19.0 Å². The van der Waals surface area contributed by atoms with E-state index in [1.807, 2.05) is 0 Å². The largest absolute Gasteiger partial charge is 0.494 e. The third-order valence-electron chi connectivity index (χ3n) is 3.61.